The highest BCUT2D eigenvalue weighted by Gasteiger charge is 2.14. The van der Waals surface area contributed by atoms with Crippen LogP contribution in [0.5, 0.6) is 0 Å². The van der Waals surface area contributed by atoms with Gasteiger partial charge in [0.15, 0.2) is 5.82 Å². The maximum atomic E-state index is 4.89. The highest BCUT2D eigenvalue weighted by atomic mass is 15.0. The number of rotatable bonds is 4. The van der Waals surface area contributed by atoms with Gasteiger partial charge in [-0.3, -0.25) is 4.98 Å². The quantitative estimate of drug-likeness (QED) is 0.298. The maximum absolute atomic E-state index is 4.89. The van der Waals surface area contributed by atoms with Crippen LogP contribution in [0.1, 0.15) is 0 Å². The zero-order chi connectivity index (χ0) is 23.9. The van der Waals surface area contributed by atoms with Crippen molar-refractivity contribution in [2.45, 2.75) is 0 Å². The molecule has 5 heteroatoms. The molecule has 3 aromatic carbocycles. The van der Waals surface area contributed by atoms with Crippen molar-refractivity contribution >= 4 is 21.8 Å². The van der Waals surface area contributed by atoms with E-state index >= 15 is 0 Å². The third-order valence-corrected chi connectivity index (χ3v) is 6.49. The van der Waals surface area contributed by atoms with Crippen LogP contribution in [0.3, 0.4) is 0 Å². The minimum Gasteiger partial charge on any atom is -0.360 e. The lowest BCUT2D eigenvalue weighted by molar-refractivity contribution is 1.15. The van der Waals surface area contributed by atoms with Gasteiger partial charge in [0, 0.05) is 34.4 Å². The van der Waals surface area contributed by atoms with Crippen molar-refractivity contribution in [3.8, 4) is 39.9 Å². The van der Waals surface area contributed by atoms with Crippen molar-refractivity contribution in [2.24, 2.45) is 0 Å². The fourth-order valence-electron chi connectivity index (χ4n) is 4.81. The van der Waals surface area contributed by atoms with Crippen LogP contribution in [0.4, 0.5) is 0 Å². The van der Waals surface area contributed by atoms with Gasteiger partial charge < -0.3 is 9.55 Å². The third kappa shape index (κ3) is 3.37. The predicted molar refractivity (Wildman–Crippen MR) is 145 cm³/mol. The molecular weight excluding hydrogens is 442 g/mol. The minimum absolute atomic E-state index is 0.663. The number of pyridine rings is 1. The molecule has 0 saturated carbocycles. The largest absolute Gasteiger partial charge is 0.360 e. The highest BCUT2D eigenvalue weighted by molar-refractivity contribution is 6.09. The van der Waals surface area contributed by atoms with Gasteiger partial charge in [0.25, 0.3) is 0 Å². The molecule has 0 aliphatic carbocycles. The van der Waals surface area contributed by atoms with Crippen LogP contribution in [0.25, 0.3) is 61.7 Å². The van der Waals surface area contributed by atoms with E-state index in [1.54, 1.807) is 6.20 Å². The van der Waals surface area contributed by atoms with Gasteiger partial charge in [-0.15, -0.1) is 0 Å². The molecule has 0 amide bonds. The summed E-state index contributed by atoms with van der Waals surface area (Å²) in [5, 5.41) is 2.50. The zero-order valence-electron chi connectivity index (χ0n) is 19.3. The Balaban J connectivity index is 1.36. The number of nitrogens with zero attached hydrogens (tertiary/aromatic N) is 4. The average Bonchev–Trinajstić information content (AvgIpc) is 3.61. The van der Waals surface area contributed by atoms with Crippen LogP contribution < -0.4 is 0 Å². The zero-order valence-corrected chi connectivity index (χ0v) is 19.3. The normalized spacial score (nSPS) is 11.3. The van der Waals surface area contributed by atoms with E-state index in [2.05, 4.69) is 87.3 Å². The Hall–Kier alpha value is -5.03. The molecule has 5 nitrogen and oxygen atoms in total. The van der Waals surface area contributed by atoms with Gasteiger partial charge >= 0.3 is 0 Å². The predicted octanol–water partition coefficient (Wildman–Crippen LogP) is 7.30. The van der Waals surface area contributed by atoms with Crippen molar-refractivity contribution in [2.75, 3.05) is 0 Å². The molecule has 0 bridgehead atoms. The van der Waals surface area contributed by atoms with Crippen molar-refractivity contribution in [1.82, 2.24) is 24.5 Å². The second-order valence-corrected chi connectivity index (χ2v) is 8.68. The van der Waals surface area contributed by atoms with Gasteiger partial charge in [-0.1, -0.05) is 42.5 Å². The smallest absolute Gasteiger partial charge is 0.160 e. The topological polar surface area (TPSA) is 59.4 Å². The van der Waals surface area contributed by atoms with E-state index in [0.717, 1.165) is 34.0 Å². The van der Waals surface area contributed by atoms with E-state index in [4.69, 9.17) is 9.97 Å². The first-order chi connectivity index (χ1) is 17.8. The molecule has 170 valence electrons. The van der Waals surface area contributed by atoms with Crippen LogP contribution in [0.15, 0.2) is 122 Å². The summed E-state index contributed by atoms with van der Waals surface area (Å²) < 4.78 is 2.31. The Kier molecular flexibility index (Phi) is 4.71. The Labute approximate surface area is 207 Å². The summed E-state index contributed by atoms with van der Waals surface area (Å²) in [6.07, 6.45) is 3.68. The number of aromatic nitrogens is 5. The second kappa shape index (κ2) is 8.32. The number of nitrogens with one attached hydrogen (secondary N) is 1. The number of para-hydroxylation sites is 2. The van der Waals surface area contributed by atoms with Crippen LogP contribution in [0.2, 0.25) is 0 Å². The second-order valence-electron chi connectivity index (χ2n) is 8.68. The van der Waals surface area contributed by atoms with E-state index < -0.39 is 0 Å². The molecule has 0 atom stereocenters. The number of H-pyrrole nitrogens is 1. The standard InChI is InChI=1S/C31H21N5/c1-3-12-29-23(8-1)24-9-2-4-13-30(24)36(29)22-16-14-21(15-17-22)31-34-27(25-10-5-6-18-32-25)20-28(35-31)26-11-7-19-33-26/h1-20,33H. The van der Waals surface area contributed by atoms with E-state index in [1.165, 1.54) is 21.8 Å². The van der Waals surface area contributed by atoms with Crippen LogP contribution in [0, 0.1) is 0 Å². The summed E-state index contributed by atoms with van der Waals surface area (Å²) in [4.78, 5) is 17.5. The van der Waals surface area contributed by atoms with E-state index in [1.807, 2.05) is 42.6 Å². The van der Waals surface area contributed by atoms with E-state index in [9.17, 15) is 0 Å². The number of aromatic amines is 1. The lowest BCUT2D eigenvalue weighted by Gasteiger charge is -2.10. The fraction of sp³-hybridized carbons (Fsp3) is 0. The first-order valence-corrected chi connectivity index (χ1v) is 11.9. The lowest BCUT2D eigenvalue weighted by Crippen LogP contribution is -1.98. The maximum Gasteiger partial charge on any atom is 0.160 e. The summed E-state index contributed by atoms with van der Waals surface area (Å²) >= 11 is 0. The average molecular weight is 464 g/mol. The number of benzene rings is 3. The molecular formula is C31H21N5. The number of fused-ring (bicyclic) bond motifs is 3. The number of hydrogen-bond donors (Lipinski definition) is 1. The highest BCUT2D eigenvalue weighted by Crippen LogP contribution is 2.32. The molecule has 0 fully saturated rings. The van der Waals surface area contributed by atoms with Gasteiger partial charge in [0.2, 0.25) is 0 Å². The summed E-state index contributed by atoms with van der Waals surface area (Å²) in [6.45, 7) is 0. The first-order valence-electron chi connectivity index (χ1n) is 11.9. The first kappa shape index (κ1) is 20.4. The van der Waals surface area contributed by atoms with Crippen molar-refractivity contribution < 1.29 is 0 Å². The van der Waals surface area contributed by atoms with E-state index in [-0.39, 0.29) is 0 Å². The van der Waals surface area contributed by atoms with Gasteiger partial charge in [-0.05, 0) is 66.7 Å². The number of hydrogen-bond acceptors (Lipinski definition) is 3. The fourth-order valence-corrected chi connectivity index (χ4v) is 4.81. The Morgan fingerprint density at radius 1 is 0.583 bits per heavy atom. The minimum atomic E-state index is 0.663. The molecule has 0 spiro atoms. The summed E-state index contributed by atoms with van der Waals surface area (Å²) in [5.41, 5.74) is 7.80. The Morgan fingerprint density at radius 2 is 1.28 bits per heavy atom. The van der Waals surface area contributed by atoms with Crippen molar-refractivity contribution in [3.05, 3.63) is 122 Å². The van der Waals surface area contributed by atoms with Crippen molar-refractivity contribution in [3.63, 3.8) is 0 Å². The van der Waals surface area contributed by atoms with Crippen molar-refractivity contribution in [1.29, 1.82) is 0 Å². The lowest BCUT2D eigenvalue weighted by atomic mass is 10.1. The van der Waals surface area contributed by atoms with E-state index in [0.29, 0.717) is 5.82 Å². The van der Waals surface area contributed by atoms with Crippen LogP contribution in [-0.2, 0) is 0 Å². The van der Waals surface area contributed by atoms with Gasteiger partial charge in [-0.25, -0.2) is 9.97 Å². The summed E-state index contributed by atoms with van der Waals surface area (Å²) in [6, 6.07) is 37.3. The molecule has 4 aromatic heterocycles. The summed E-state index contributed by atoms with van der Waals surface area (Å²) in [5.74, 6) is 0.663. The van der Waals surface area contributed by atoms with Gasteiger partial charge in [0.05, 0.1) is 33.8 Å². The molecule has 0 saturated heterocycles. The third-order valence-electron chi connectivity index (χ3n) is 6.49. The molecule has 0 aliphatic rings. The van der Waals surface area contributed by atoms with Gasteiger partial charge in [0.1, 0.15) is 0 Å². The molecule has 0 unspecified atom stereocenters. The molecule has 4 heterocycles. The van der Waals surface area contributed by atoms with Crippen LogP contribution >= 0.6 is 0 Å². The Morgan fingerprint density at radius 3 is 1.94 bits per heavy atom. The molecule has 7 rings (SSSR count). The summed E-state index contributed by atoms with van der Waals surface area (Å²) in [7, 11) is 0. The molecule has 0 aliphatic heterocycles. The molecule has 7 aromatic rings. The Bertz CT molecular complexity index is 1760. The molecule has 0 radical (unpaired) electrons. The SMILES string of the molecule is c1ccc(-c2cc(-c3ccc[nH]3)nc(-c3ccc(-n4c5ccccc5c5ccccc54)cc3)n2)nc1. The van der Waals surface area contributed by atoms with Crippen LogP contribution in [-0.4, -0.2) is 24.5 Å². The molecule has 36 heavy (non-hydrogen) atoms. The molecule has 1 N–H and O–H groups in total. The van der Waals surface area contributed by atoms with Gasteiger partial charge in [-0.2, -0.15) is 0 Å². The monoisotopic (exact) mass is 463 g/mol.